The molecule has 7 heteroatoms. The number of nitriles is 1. The van der Waals surface area contributed by atoms with Crippen LogP contribution in [-0.4, -0.2) is 5.91 Å². The van der Waals surface area contributed by atoms with Crippen molar-refractivity contribution < 1.29 is 13.6 Å². The van der Waals surface area contributed by atoms with Crippen molar-refractivity contribution in [3.05, 3.63) is 58.1 Å². The summed E-state index contributed by atoms with van der Waals surface area (Å²) in [6.07, 6.45) is 0. The summed E-state index contributed by atoms with van der Waals surface area (Å²) in [6, 6.07) is 7.77. The number of benzene rings is 2. The maximum absolute atomic E-state index is 13.3. The Morgan fingerprint density at radius 1 is 1.24 bits per heavy atom. The van der Waals surface area contributed by atoms with Crippen molar-refractivity contribution in [1.82, 2.24) is 0 Å². The van der Waals surface area contributed by atoms with Gasteiger partial charge in [0.15, 0.2) is 0 Å². The van der Waals surface area contributed by atoms with E-state index in [1.165, 1.54) is 18.2 Å². The molecule has 0 saturated heterocycles. The first-order chi connectivity index (χ1) is 9.92. The van der Waals surface area contributed by atoms with Gasteiger partial charge in [-0.3, -0.25) is 4.79 Å². The summed E-state index contributed by atoms with van der Waals surface area (Å²) in [5.74, 6) is -2.79. The average molecular weight is 308 g/mol. The molecule has 0 fully saturated rings. The molecule has 4 nitrogen and oxygen atoms in total. The lowest BCUT2D eigenvalue weighted by Crippen LogP contribution is -2.13. The zero-order chi connectivity index (χ0) is 15.6. The normalized spacial score (nSPS) is 10.0. The van der Waals surface area contributed by atoms with Gasteiger partial charge in [-0.25, -0.2) is 8.78 Å². The van der Waals surface area contributed by atoms with E-state index in [9.17, 15) is 13.6 Å². The Hall–Kier alpha value is -2.65. The van der Waals surface area contributed by atoms with E-state index >= 15 is 0 Å². The number of hydrogen-bond acceptors (Lipinski definition) is 3. The predicted molar refractivity (Wildman–Crippen MR) is 74.9 cm³/mol. The fraction of sp³-hybridized carbons (Fsp3) is 0. The smallest absolute Gasteiger partial charge is 0.255 e. The minimum atomic E-state index is -1.02. The molecule has 0 aliphatic carbocycles. The van der Waals surface area contributed by atoms with E-state index < -0.39 is 23.2 Å². The van der Waals surface area contributed by atoms with Crippen molar-refractivity contribution in [3.8, 4) is 6.07 Å². The minimum Gasteiger partial charge on any atom is -0.394 e. The van der Waals surface area contributed by atoms with Crippen LogP contribution in [0, 0.1) is 23.0 Å². The van der Waals surface area contributed by atoms with Gasteiger partial charge in [0.25, 0.3) is 5.91 Å². The van der Waals surface area contributed by atoms with E-state index in [1.807, 2.05) is 6.07 Å². The van der Waals surface area contributed by atoms with E-state index in [0.29, 0.717) is 5.56 Å². The monoisotopic (exact) mass is 307 g/mol. The Morgan fingerprint density at radius 3 is 2.38 bits per heavy atom. The number of carbonyl (C=O) groups is 1. The van der Waals surface area contributed by atoms with Crippen molar-refractivity contribution in [2.45, 2.75) is 0 Å². The SMILES string of the molecule is N#Cc1ccc(NC(=O)c2cc(F)c(N)c(F)c2)c(Cl)c1. The molecule has 0 aliphatic heterocycles. The molecule has 21 heavy (non-hydrogen) atoms. The maximum Gasteiger partial charge on any atom is 0.255 e. The number of rotatable bonds is 2. The minimum absolute atomic E-state index is 0.138. The fourth-order valence-electron chi connectivity index (χ4n) is 1.60. The number of carbonyl (C=O) groups excluding carboxylic acids is 1. The Morgan fingerprint density at radius 2 is 1.86 bits per heavy atom. The van der Waals surface area contributed by atoms with Crippen LogP contribution >= 0.6 is 11.6 Å². The molecule has 0 aliphatic rings. The number of halogens is 3. The quantitative estimate of drug-likeness (QED) is 0.835. The molecule has 0 heterocycles. The second-order valence-electron chi connectivity index (χ2n) is 4.11. The van der Waals surface area contributed by atoms with Crippen molar-refractivity contribution in [2.24, 2.45) is 0 Å². The predicted octanol–water partition coefficient (Wildman–Crippen LogP) is 3.32. The molecule has 2 rings (SSSR count). The molecule has 0 atom stereocenters. The van der Waals surface area contributed by atoms with E-state index in [4.69, 9.17) is 22.6 Å². The second kappa shape index (κ2) is 5.77. The highest BCUT2D eigenvalue weighted by molar-refractivity contribution is 6.34. The number of nitrogens with two attached hydrogens (primary N) is 1. The summed E-state index contributed by atoms with van der Waals surface area (Å²) < 4.78 is 26.6. The zero-order valence-corrected chi connectivity index (χ0v) is 11.2. The lowest BCUT2D eigenvalue weighted by Gasteiger charge is -2.08. The number of nitrogens with zero attached hydrogens (tertiary/aromatic N) is 1. The van der Waals surface area contributed by atoms with Crippen molar-refractivity contribution >= 4 is 28.9 Å². The van der Waals surface area contributed by atoms with Gasteiger partial charge in [-0.05, 0) is 30.3 Å². The molecule has 106 valence electrons. The van der Waals surface area contributed by atoms with Crippen LogP contribution in [0.4, 0.5) is 20.2 Å². The Balaban J connectivity index is 2.28. The molecule has 0 unspecified atom stereocenters. The first-order valence-corrected chi connectivity index (χ1v) is 6.05. The van der Waals surface area contributed by atoms with E-state index in [1.54, 1.807) is 0 Å². The van der Waals surface area contributed by atoms with Crippen LogP contribution in [0.1, 0.15) is 15.9 Å². The molecule has 0 radical (unpaired) electrons. The van der Waals surface area contributed by atoms with Crippen molar-refractivity contribution in [3.63, 3.8) is 0 Å². The average Bonchev–Trinajstić information content (AvgIpc) is 2.46. The number of amides is 1. The van der Waals surface area contributed by atoms with Gasteiger partial charge in [-0.15, -0.1) is 0 Å². The van der Waals surface area contributed by atoms with Gasteiger partial charge in [0.2, 0.25) is 0 Å². The van der Waals surface area contributed by atoms with Gasteiger partial charge in [-0.2, -0.15) is 5.26 Å². The standard InChI is InChI=1S/C14H8ClF2N3O/c15-9-3-7(6-18)1-2-12(9)20-14(21)8-4-10(16)13(19)11(17)5-8/h1-5H,19H2,(H,20,21). The third kappa shape index (κ3) is 3.09. The molecule has 0 aromatic heterocycles. The molecule has 2 aromatic carbocycles. The van der Waals surface area contributed by atoms with Gasteiger partial charge in [0.1, 0.15) is 17.3 Å². The lowest BCUT2D eigenvalue weighted by molar-refractivity contribution is 0.102. The molecule has 0 saturated carbocycles. The van der Waals surface area contributed by atoms with Gasteiger partial charge in [-0.1, -0.05) is 11.6 Å². The van der Waals surface area contributed by atoms with Crippen LogP contribution in [0.3, 0.4) is 0 Å². The topological polar surface area (TPSA) is 78.9 Å². The number of nitrogen functional groups attached to an aromatic ring is 1. The van der Waals surface area contributed by atoms with Gasteiger partial charge < -0.3 is 11.1 Å². The Bertz CT molecular complexity index is 748. The van der Waals surface area contributed by atoms with E-state index in [-0.39, 0.29) is 16.3 Å². The zero-order valence-electron chi connectivity index (χ0n) is 10.5. The molecule has 3 N–H and O–H groups in total. The van der Waals surface area contributed by atoms with Crippen LogP contribution in [0.15, 0.2) is 30.3 Å². The molecule has 0 bridgehead atoms. The Kier molecular flexibility index (Phi) is 4.05. The van der Waals surface area contributed by atoms with Gasteiger partial charge in [0, 0.05) is 5.56 Å². The van der Waals surface area contributed by atoms with E-state index in [2.05, 4.69) is 5.32 Å². The Labute approximate surface area is 123 Å². The van der Waals surface area contributed by atoms with Crippen LogP contribution in [-0.2, 0) is 0 Å². The number of hydrogen-bond donors (Lipinski definition) is 2. The highest BCUT2D eigenvalue weighted by atomic mass is 35.5. The van der Waals surface area contributed by atoms with Crippen LogP contribution < -0.4 is 11.1 Å². The summed E-state index contributed by atoms with van der Waals surface area (Å²) in [5.41, 5.74) is 4.78. The highest BCUT2D eigenvalue weighted by Gasteiger charge is 2.14. The summed E-state index contributed by atoms with van der Waals surface area (Å²) in [7, 11) is 0. The first-order valence-electron chi connectivity index (χ1n) is 5.68. The molecule has 1 amide bonds. The summed E-state index contributed by atoms with van der Waals surface area (Å²) >= 11 is 5.89. The maximum atomic E-state index is 13.3. The third-order valence-corrected chi connectivity index (χ3v) is 3.00. The highest BCUT2D eigenvalue weighted by Crippen LogP contribution is 2.24. The molecular weight excluding hydrogens is 300 g/mol. The summed E-state index contributed by atoms with van der Waals surface area (Å²) in [5, 5.41) is 11.2. The van der Waals surface area contributed by atoms with Crippen molar-refractivity contribution in [1.29, 1.82) is 5.26 Å². The first kappa shape index (κ1) is 14.8. The molecule has 2 aromatic rings. The number of nitrogens with one attached hydrogen (secondary N) is 1. The third-order valence-electron chi connectivity index (χ3n) is 2.69. The van der Waals surface area contributed by atoms with Crippen LogP contribution in [0.25, 0.3) is 0 Å². The number of anilines is 2. The lowest BCUT2D eigenvalue weighted by atomic mass is 10.1. The van der Waals surface area contributed by atoms with Crippen LogP contribution in [0.2, 0.25) is 5.02 Å². The molecular formula is C14H8ClF2N3O. The van der Waals surface area contributed by atoms with Crippen molar-refractivity contribution in [2.75, 3.05) is 11.1 Å². The summed E-state index contributed by atoms with van der Waals surface area (Å²) in [6.45, 7) is 0. The van der Waals surface area contributed by atoms with Gasteiger partial charge >= 0.3 is 0 Å². The van der Waals surface area contributed by atoms with Crippen LogP contribution in [0.5, 0.6) is 0 Å². The molecule has 0 spiro atoms. The van der Waals surface area contributed by atoms with E-state index in [0.717, 1.165) is 12.1 Å². The largest absolute Gasteiger partial charge is 0.394 e. The van der Waals surface area contributed by atoms with Gasteiger partial charge in [0.05, 0.1) is 22.3 Å². The fourth-order valence-corrected chi connectivity index (χ4v) is 1.82. The second-order valence-corrected chi connectivity index (χ2v) is 4.52. The summed E-state index contributed by atoms with van der Waals surface area (Å²) in [4.78, 5) is 11.9.